The third-order valence-electron chi connectivity index (χ3n) is 2.50. The highest BCUT2D eigenvalue weighted by Gasteiger charge is 2.72. The Labute approximate surface area is 76.2 Å². The summed E-state index contributed by atoms with van der Waals surface area (Å²) in [5.41, 5.74) is -2.13. The van der Waals surface area contributed by atoms with Crippen LogP contribution in [0.4, 0.5) is 0 Å². The number of esters is 1. The number of ether oxygens (including phenoxy) is 1. The molecular weight excluding hydrogens is 182 g/mol. The molecule has 1 saturated carbocycles. The number of aliphatic hydroxyl groups is 1. The zero-order chi connectivity index (χ0) is 9.57. The Morgan fingerprint density at radius 2 is 2.25 bits per heavy atom. The Kier molecular flexibility index (Phi) is 2.10. The van der Waals surface area contributed by atoms with Crippen LogP contribution in [-0.4, -0.2) is 35.4 Å². The second-order valence-electron chi connectivity index (χ2n) is 3.29. The van der Waals surface area contributed by atoms with E-state index in [0.29, 0.717) is 6.42 Å². The third kappa shape index (κ3) is 1.02. The second-order valence-corrected chi connectivity index (χ2v) is 3.80. The van der Waals surface area contributed by atoms with Crippen LogP contribution >= 0.6 is 11.8 Å². The average Bonchev–Trinajstić information content (AvgIpc) is 2.56. The van der Waals surface area contributed by atoms with Crippen LogP contribution in [0.25, 0.3) is 0 Å². The first-order valence-corrected chi connectivity index (χ1v) is 3.93. The number of nitrogens with zero attached hydrogens (tertiary/aromatic N) is 1. The van der Waals surface area contributed by atoms with Gasteiger partial charge in [-0.25, -0.2) is 0 Å². The lowest BCUT2D eigenvalue weighted by molar-refractivity contribution is -0.151. The first kappa shape index (κ1) is 9.77. The molecule has 2 atom stereocenters. The minimum absolute atomic E-state index is 0.312. The van der Waals surface area contributed by atoms with Crippen molar-refractivity contribution in [3.63, 3.8) is 0 Å². The van der Waals surface area contributed by atoms with E-state index in [0.717, 1.165) is 4.42 Å². The van der Waals surface area contributed by atoms with E-state index in [2.05, 4.69) is 4.74 Å². The summed E-state index contributed by atoms with van der Waals surface area (Å²) in [6.07, 6.45) is 0.312. The fourth-order valence-corrected chi connectivity index (χ4v) is 1.60. The lowest BCUT2D eigenvalue weighted by Crippen LogP contribution is -2.35. The van der Waals surface area contributed by atoms with Crippen LogP contribution in [0.5, 0.6) is 0 Å². The van der Waals surface area contributed by atoms with Crippen molar-refractivity contribution < 1.29 is 14.6 Å². The summed E-state index contributed by atoms with van der Waals surface area (Å²) in [5, 5.41) is 9.72. The molecule has 0 heterocycles. The van der Waals surface area contributed by atoms with Crippen molar-refractivity contribution in [2.75, 3.05) is 14.2 Å². The van der Waals surface area contributed by atoms with E-state index in [1.165, 1.54) is 14.2 Å². The maximum Gasteiger partial charge on any atom is 0.316 e. The van der Waals surface area contributed by atoms with Crippen LogP contribution in [0.1, 0.15) is 13.3 Å². The molecule has 1 aliphatic carbocycles. The van der Waals surface area contributed by atoms with Crippen molar-refractivity contribution >= 4 is 17.7 Å². The fraction of sp³-hybridized carbons (Fsp3) is 0.857. The van der Waals surface area contributed by atoms with Crippen LogP contribution in [-0.2, 0) is 9.53 Å². The van der Waals surface area contributed by atoms with Gasteiger partial charge in [0.1, 0.15) is 11.1 Å². The molecule has 1 aliphatic rings. The molecule has 0 bridgehead atoms. The van der Waals surface area contributed by atoms with Gasteiger partial charge in [-0.2, -0.15) is 4.42 Å². The molecule has 0 aromatic carbocycles. The largest absolute Gasteiger partial charge is 0.468 e. The molecule has 0 spiro atoms. The highest BCUT2D eigenvalue weighted by atomic mass is 35.5. The molecule has 12 heavy (non-hydrogen) atoms. The Morgan fingerprint density at radius 1 is 1.75 bits per heavy atom. The molecule has 1 fully saturated rings. The molecule has 0 aromatic heterocycles. The number of halogens is 1. The number of carbonyl (C=O) groups excluding carboxylic acids is 1. The van der Waals surface area contributed by atoms with E-state index in [4.69, 9.17) is 11.8 Å². The number of carbonyl (C=O) groups is 1. The highest BCUT2D eigenvalue weighted by molar-refractivity contribution is 6.14. The van der Waals surface area contributed by atoms with Crippen LogP contribution in [0, 0.1) is 5.41 Å². The Hall–Kier alpha value is -0.320. The summed E-state index contributed by atoms with van der Waals surface area (Å²) in [7, 11) is 2.80. The molecule has 1 N–H and O–H groups in total. The summed E-state index contributed by atoms with van der Waals surface area (Å²) in [5.74, 6) is -0.433. The number of hydrogen-bond acceptors (Lipinski definition) is 4. The van der Waals surface area contributed by atoms with Crippen LogP contribution in [0.15, 0.2) is 0 Å². The van der Waals surface area contributed by atoms with E-state index < -0.39 is 17.1 Å². The fourth-order valence-electron chi connectivity index (χ4n) is 1.36. The topological polar surface area (TPSA) is 49.8 Å². The summed E-state index contributed by atoms with van der Waals surface area (Å²) in [6, 6.07) is 0. The maximum absolute atomic E-state index is 11.1. The molecular formula is C7H12ClNO3. The summed E-state index contributed by atoms with van der Waals surface area (Å²) in [6.45, 7) is 1.62. The van der Waals surface area contributed by atoms with Crippen LogP contribution in [0.3, 0.4) is 0 Å². The first-order chi connectivity index (χ1) is 5.38. The van der Waals surface area contributed by atoms with E-state index in [1.54, 1.807) is 6.92 Å². The molecule has 70 valence electrons. The quantitative estimate of drug-likeness (QED) is 0.391. The Morgan fingerprint density at radius 3 is 2.50 bits per heavy atom. The van der Waals surface area contributed by atoms with Gasteiger partial charge in [0.25, 0.3) is 0 Å². The molecule has 4 nitrogen and oxygen atoms in total. The Balaban J connectivity index is 2.76. The molecule has 0 radical (unpaired) electrons. The van der Waals surface area contributed by atoms with Crippen molar-refractivity contribution in [3.05, 3.63) is 0 Å². The molecule has 5 heteroatoms. The summed E-state index contributed by atoms with van der Waals surface area (Å²) < 4.78 is 5.65. The molecule has 0 aromatic rings. The normalized spacial score (nSPS) is 39.8. The van der Waals surface area contributed by atoms with E-state index >= 15 is 0 Å². The van der Waals surface area contributed by atoms with Gasteiger partial charge in [-0.3, -0.25) is 4.79 Å². The maximum atomic E-state index is 11.1. The summed E-state index contributed by atoms with van der Waals surface area (Å²) in [4.78, 5) is 11.1. The predicted octanol–water partition coefficient (Wildman–Crippen LogP) is 0.344. The van der Waals surface area contributed by atoms with Crippen LogP contribution in [0.2, 0.25) is 0 Å². The van der Waals surface area contributed by atoms with E-state index in [9.17, 15) is 9.90 Å². The van der Waals surface area contributed by atoms with Crippen molar-refractivity contribution in [2.45, 2.75) is 19.1 Å². The monoisotopic (exact) mass is 193 g/mol. The van der Waals surface area contributed by atoms with Gasteiger partial charge in [-0.15, -0.1) is 0 Å². The zero-order valence-electron chi connectivity index (χ0n) is 7.30. The van der Waals surface area contributed by atoms with E-state index in [1.807, 2.05) is 0 Å². The van der Waals surface area contributed by atoms with Crippen LogP contribution < -0.4 is 0 Å². The van der Waals surface area contributed by atoms with Gasteiger partial charge in [0.2, 0.25) is 0 Å². The van der Waals surface area contributed by atoms with E-state index in [-0.39, 0.29) is 0 Å². The lowest BCUT2D eigenvalue weighted by Gasteiger charge is -2.19. The van der Waals surface area contributed by atoms with Gasteiger partial charge in [0.05, 0.1) is 7.11 Å². The summed E-state index contributed by atoms with van der Waals surface area (Å²) >= 11 is 5.58. The zero-order valence-corrected chi connectivity index (χ0v) is 8.05. The Bertz CT molecular complexity index is 221. The van der Waals surface area contributed by atoms with Gasteiger partial charge in [-0.05, 0) is 18.7 Å². The molecule has 0 aliphatic heterocycles. The van der Waals surface area contributed by atoms with Gasteiger partial charge in [-0.1, -0.05) is 0 Å². The number of rotatable bonds is 2. The molecule has 0 saturated heterocycles. The minimum Gasteiger partial charge on any atom is -0.468 e. The molecule has 0 unspecified atom stereocenters. The first-order valence-electron chi connectivity index (χ1n) is 3.59. The third-order valence-corrected chi connectivity index (χ3v) is 2.78. The van der Waals surface area contributed by atoms with Gasteiger partial charge in [0, 0.05) is 13.5 Å². The van der Waals surface area contributed by atoms with Crippen molar-refractivity contribution in [2.24, 2.45) is 5.41 Å². The number of hydrogen-bond donors (Lipinski definition) is 1. The molecule has 1 rings (SSSR count). The lowest BCUT2D eigenvalue weighted by atomic mass is 10.1. The average molecular weight is 194 g/mol. The number of methoxy groups -OCH3 is 1. The molecule has 0 amide bonds. The van der Waals surface area contributed by atoms with Crippen molar-refractivity contribution in [3.8, 4) is 0 Å². The second kappa shape index (κ2) is 2.58. The predicted molar refractivity (Wildman–Crippen MR) is 43.3 cm³/mol. The van der Waals surface area contributed by atoms with Gasteiger partial charge < -0.3 is 9.84 Å². The highest BCUT2D eigenvalue weighted by Crippen LogP contribution is 2.58. The SMILES string of the molecule is COC(=O)[C@@]1(C)C[C@@]1(O)N(C)Cl. The standard InChI is InChI=1S/C7H12ClNO3/c1-6(5(10)12-3)4-7(6,11)9(2)8/h11H,4H2,1-3H3/t6-,7+/m1/s1. The van der Waals surface area contributed by atoms with Gasteiger partial charge >= 0.3 is 5.97 Å². The van der Waals surface area contributed by atoms with Crippen molar-refractivity contribution in [1.82, 2.24) is 4.42 Å². The van der Waals surface area contributed by atoms with Gasteiger partial charge in [0.15, 0.2) is 0 Å². The van der Waals surface area contributed by atoms with Crippen molar-refractivity contribution in [1.29, 1.82) is 0 Å². The minimum atomic E-state index is -1.25. The smallest absolute Gasteiger partial charge is 0.316 e.